The summed E-state index contributed by atoms with van der Waals surface area (Å²) >= 11 is 6.33. The summed E-state index contributed by atoms with van der Waals surface area (Å²) in [5, 5.41) is 13.1. The normalized spacial score (nSPS) is 15.8. The lowest BCUT2D eigenvalue weighted by molar-refractivity contribution is 0.101. The number of ether oxygens (including phenoxy) is 1. The molecular weight excluding hydrogens is 622 g/mol. The number of ketones is 1. The lowest BCUT2D eigenvalue weighted by Crippen LogP contribution is -2.33. The molecule has 6 rings (SSSR count). The molecule has 2 aromatic heterocycles. The van der Waals surface area contributed by atoms with E-state index in [1.54, 1.807) is 60.8 Å². The van der Waals surface area contributed by atoms with Crippen LogP contribution >= 0.6 is 11.6 Å². The summed E-state index contributed by atoms with van der Waals surface area (Å²) in [6.45, 7) is 10.3. The van der Waals surface area contributed by atoms with Gasteiger partial charge in [-0.2, -0.15) is 5.26 Å². The van der Waals surface area contributed by atoms with Gasteiger partial charge in [-0.3, -0.25) is 4.79 Å². The number of halogens is 3. The van der Waals surface area contributed by atoms with Gasteiger partial charge in [0.15, 0.2) is 17.3 Å². The average molecular weight is 651 g/mol. The quantitative estimate of drug-likeness (QED) is 0.152. The zero-order chi connectivity index (χ0) is 33.2. The Hall–Kier alpha value is -5.53. The molecular formula is C36H29ClF2N6O2. The fourth-order valence-corrected chi connectivity index (χ4v) is 6.08. The van der Waals surface area contributed by atoms with Crippen molar-refractivity contribution in [2.24, 2.45) is 0 Å². The molecule has 236 valence electrons. The molecule has 1 aliphatic heterocycles. The molecule has 1 fully saturated rings. The zero-order valence-electron chi connectivity index (χ0n) is 25.4. The van der Waals surface area contributed by atoms with E-state index in [0.717, 1.165) is 5.52 Å². The number of nitrogens with zero attached hydrogens (tertiary/aromatic N) is 5. The van der Waals surface area contributed by atoms with Crippen molar-refractivity contribution in [3.63, 3.8) is 0 Å². The van der Waals surface area contributed by atoms with E-state index in [0.29, 0.717) is 50.0 Å². The highest BCUT2D eigenvalue weighted by Crippen LogP contribution is 2.36. The van der Waals surface area contributed by atoms with Crippen molar-refractivity contribution in [2.45, 2.75) is 32.1 Å². The van der Waals surface area contributed by atoms with Gasteiger partial charge in [0.25, 0.3) is 0 Å². The van der Waals surface area contributed by atoms with Crippen LogP contribution in [-0.4, -0.2) is 44.0 Å². The van der Waals surface area contributed by atoms with Gasteiger partial charge in [-0.25, -0.2) is 18.7 Å². The van der Waals surface area contributed by atoms with E-state index >= 15 is 4.39 Å². The Morgan fingerprint density at radius 3 is 2.57 bits per heavy atom. The molecule has 1 aliphatic rings. The van der Waals surface area contributed by atoms with E-state index in [1.807, 2.05) is 21.6 Å². The summed E-state index contributed by atoms with van der Waals surface area (Å²) in [4.78, 5) is 22.3. The molecule has 3 aromatic carbocycles. The Labute approximate surface area is 275 Å². The molecule has 0 spiro atoms. The first-order chi connectivity index (χ1) is 22.6. The number of benzene rings is 3. The minimum Gasteiger partial charge on any atom is -0.454 e. The highest BCUT2D eigenvalue weighted by atomic mass is 35.5. The second-order valence-corrected chi connectivity index (χ2v) is 11.6. The number of likely N-dealkylation sites (tertiary alicyclic amines) is 1. The number of Topliss-reactive ketones (excluding diaryl/α,β-unsaturated/α-hetero) is 1. The van der Waals surface area contributed by atoms with Crippen LogP contribution in [0.3, 0.4) is 0 Å². The molecule has 0 radical (unpaired) electrons. The molecule has 1 saturated heterocycles. The number of hydrogen-bond donors (Lipinski definition) is 1. The number of carbonyl (C=O) groups excluding carboxylic acids is 1. The average Bonchev–Trinajstić information content (AvgIpc) is 3.63. The largest absolute Gasteiger partial charge is 0.454 e. The number of nitriles is 1. The van der Waals surface area contributed by atoms with Gasteiger partial charge in [-0.05, 0) is 37.3 Å². The Bertz CT molecular complexity index is 2070. The number of anilines is 1. The minimum atomic E-state index is -1.14. The standard InChI is InChI=1S/C36H29ClF2N6O2/c1-21(18-44-20-30(23(3)46)29-14-25(11-12-33(29)44)47-26-16-41-35(15-40)42-17-26)45-19-24(38)13-34(45)22(2)43-32-10-6-8-28(36(32)39)27-7-4-5-9-31(27)37/h4-12,14,16-17,20,24,34,43H,1-2,13,18-19H2,3H3/t24-,34+/m1/s1. The molecule has 8 nitrogen and oxygen atoms in total. The van der Waals surface area contributed by atoms with Gasteiger partial charge in [0.05, 0.1) is 30.7 Å². The van der Waals surface area contributed by atoms with Crippen molar-refractivity contribution in [2.75, 3.05) is 11.9 Å². The van der Waals surface area contributed by atoms with Crippen molar-refractivity contribution < 1.29 is 18.3 Å². The predicted octanol–water partition coefficient (Wildman–Crippen LogP) is 8.31. The Balaban J connectivity index is 1.22. The zero-order valence-corrected chi connectivity index (χ0v) is 26.1. The van der Waals surface area contributed by atoms with Gasteiger partial charge in [0.1, 0.15) is 18.0 Å². The number of allylic oxidation sites excluding steroid dienone is 1. The fourth-order valence-electron chi connectivity index (χ4n) is 5.84. The van der Waals surface area contributed by atoms with Crippen LogP contribution in [0.4, 0.5) is 14.5 Å². The SMILES string of the molecule is C=C(Nc1cccc(-c2ccccc2Cl)c1F)[C@@H]1C[C@@H](F)CN1C(=C)Cn1cc(C(C)=O)c2cc(Oc3cnc(C#N)nc3)ccc21. The number of rotatable bonds is 10. The molecule has 2 atom stereocenters. The second-order valence-electron chi connectivity index (χ2n) is 11.2. The summed E-state index contributed by atoms with van der Waals surface area (Å²) in [5.41, 5.74) is 3.37. The maximum Gasteiger partial charge on any atom is 0.232 e. The lowest BCUT2D eigenvalue weighted by atomic mass is 10.0. The van der Waals surface area contributed by atoms with Gasteiger partial charge < -0.3 is 19.5 Å². The third-order valence-electron chi connectivity index (χ3n) is 8.06. The van der Waals surface area contributed by atoms with Crippen LogP contribution in [-0.2, 0) is 6.54 Å². The monoisotopic (exact) mass is 650 g/mol. The number of alkyl halides is 1. The van der Waals surface area contributed by atoms with Crippen LogP contribution in [0.15, 0.2) is 104 Å². The van der Waals surface area contributed by atoms with Crippen LogP contribution in [0.1, 0.15) is 29.5 Å². The predicted molar refractivity (Wildman–Crippen MR) is 178 cm³/mol. The molecule has 0 amide bonds. The van der Waals surface area contributed by atoms with Crippen molar-refractivity contribution in [1.82, 2.24) is 19.4 Å². The minimum absolute atomic E-state index is 0.0254. The maximum absolute atomic E-state index is 15.7. The maximum atomic E-state index is 15.7. The molecule has 0 bridgehead atoms. The summed E-state index contributed by atoms with van der Waals surface area (Å²) in [7, 11) is 0. The number of carbonyl (C=O) groups is 1. The molecule has 3 heterocycles. The Morgan fingerprint density at radius 2 is 1.85 bits per heavy atom. The van der Waals surface area contributed by atoms with Crippen LogP contribution in [0.2, 0.25) is 5.02 Å². The Kier molecular flexibility index (Phi) is 8.74. The smallest absolute Gasteiger partial charge is 0.232 e. The van der Waals surface area contributed by atoms with Crippen LogP contribution in [0.25, 0.3) is 22.0 Å². The van der Waals surface area contributed by atoms with Gasteiger partial charge in [0, 0.05) is 63.2 Å². The number of nitrogens with one attached hydrogen (secondary N) is 1. The third-order valence-corrected chi connectivity index (χ3v) is 8.39. The van der Waals surface area contributed by atoms with E-state index in [2.05, 4.69) is 28.4 Å². The summed E-state index contributed by atoms with van der Waals surface area (Å²) in [6, 6.07) is 18.7. The number of hydrogen-bond acceptors (Lipinski definition) is 7. The number of fused-ring (bicyclic) bond motifs is 1. The lowest BCUT2D eigenvalue weighted by Gasteiger charge is -2.30. The van der Waals surface area contributed by atoms with Gasteiger partial charge >= 0.3 is 0 Å². The molecule has 5 aromatic rings. The highest BCUT2D eigenvalue weighted by molar-refractivity contribution is 6.33. The number of aromatic nitrogens is 3. The molecule has 0 unspecified atom stereocenters. The van der Waals surface area contributed by atoms with Gasteiger partial charge in [-0.15, -0.1) is 0 Å². The van der Waals surface area contributed by atoms with Crippen molar-refractivity contribution in [3.05, 3.63) is 126 Å². The van der Waals surface area contributed by atoms with E-state index in [-0.39, 0.29) is 36.8 Å². The van der Waals surface area contributed by atoms with Crippen molar-refractivity contribution in [3.8, 4) is 28.7 Å². The fraction of sp³-hybridized carbons (Fsp3) is 0.167. The van der Waals surface area contributed by atoms with E-state index < -0.39 is 18.0 Å². The molecule has 11 heteroatoms. The van der Waals surface area contributed by atoms with Crippen molar-refractivity contribution in [1.29, 1.82) is 5.26 Å². The second kappa shape index (κ2) is 13.1. The topological polar surface area (TPSA) is 96.1 Å². The summed E-state index contributed by atoms with van der Waals surface area (Å²) in [6.07, 6.45) is 3.55. The molecule has 1 N–H and O–H groups in total. The first kappa shape index (κ1) is 31.5. The first-order valence-electron chi connectivity index (χ1n) is 14.7. The summed E-state index contributed by atoms with van der Waals surface area (Å²) in [5.74, 6) is 0.188. The summed E-state index contributed by atoms with van der Waals surface area (Å²) < 4.78 is 38.4. The van der Waals surface area contributed by atoms with Gasteiger partial charge in [0.2, 0.25) is 5.82 Å². The van der Waals surface area contributed by atoms with E-state index in [9.17, 15) is 9.18 Å². The van der Waals surface area contributed by atoms with Crippen LogP contribution in [0, 0.1) is 17.1 Å². The molecule has 47 heavy (non-hydrogen) atoms. The van der Waals surface area contributed by atoms with E-state index in [1.165, 1.54) is 19.3 Å². The molecule has 0 saturated carbocycles. The van der Waals surface area contributed by atoms with E-state index in [4.69, 9.17) is 21.6 Å². The van der Waals surface area contributed by atoms with Crippen LogP contribution < -0.4 is 10.1 Å². The van der Waals surface area contributed by atoms with Gasteiger partial charge in [-0.1, -0.05) is 55.1 Å². The van der Waals surface area contributed by atoms with Crippen molar-refractivity contribution >= 4 is 34.0 Å². The third kappa shape index (κ3) is 6.44. The molecule has 0 aliphatic carbocycles. The van der Waals surface area contributed by atoms with Crippen LogP contribution in [0.5, 0.6) is 11.5 Å². The first-order valence-corrected chi connectivity index (χ1v) is 15.1. The highest BCUT2D eigenvalue weighted by Gasteiger charge is 2.35. The Morgan fingerprint density at radius 1 is 1.11 bits per heavy atom.